The van der Waals surface area contributed by atoms with E-state index in [2.05, 4.69) is 25.8 Å². The van der Waals surface area contributed by atoms with Crippen LogP contribution in [0, 0.1) is 17.3 Å². The maximum Gasteiger partial charge on any atom is 0.433 e. The van der Waals surface area contributed by atoms with E-state index in [0.29, 0.717) is 52.2 Å². The molecule has 13 nitrogen and oxygen atoms in total. The summed E-state index contributed by atoms with van der Waals surface area (Å²) in [5, 5.41) is 20.3. The van der Waals surface area contributed by atoms with E-state index in [-0.39, 0.29) is 29.7 Å². The molecule has 1 spiro atoms. The first-order valence-corrected chi connectivity index (χ1v) is 22.1. The van der Waals surface area contributed by atoms with E-state index in [4.69, 9.17) is 4.98 Å². The fourth-order valence-electron chi connectivity index (χ4n) is 10.4. The highest BCUT2D eigenvalue weighted by molar-refractivity contribution is 7.18. The third-order valence-corrected chi connectivity index (χ3v) is 14.5. The summed E-state index contributed by atoms with van der Waals surface area (Å²) in [7, 11) is 0. The molecule has 326 valence electrons. The summed E-state index contributed by atoms with van der Waals surface area (Å²) >= 11 is 1.55. The van der Waals surface area contributed by atoms with E-state index in [1.54, 1.807) is 55.5 Å². The van der Waals surface area contributed by atoms with Gasteiger partial charge in [-0.25, -0.2) is 9.97 Å². The van der Waals surface area contributed by atoms with Gasteiger partial charge in [0.05, 0.1) is 32.0 Å². The third kappa shape index (κ3) is 8.10. The number of hydrogen-bond donors (Lipinski definition) is 4. The van der Waals surface area contributed by atoms with Gasteiger partial charge in [-0.3, -0.25) is 34.2 Å². The number of rotatable bonds is 11. The van der Waals surface area contributed by atoms with E-state index >= 15 is 0 Å². The number of piperidine rings is 1. The first-order chi connectivity index (χ1) is 29.4. The SMILES string of the molecule is CC(C)(O)c1cc2nc(C3CCC(CN4CC5(CC(CCNc6cccc7c6C(=O)N([C@@H]6CCC(=O)NC6=O)C7=O)C5)C4)CC3)sc2cc1NC(=O)c1cccc(C(F)(F)F)n1. The average Bonchev–Trinajstić information content (AvgIpc) is 3.73. The van der Waals surface area contributed by atoms with Gasteiger partial charge in [-0.15, -0.1) is 11.3 Å². The molecule has 2 saturated heterocycles. The smallest absolute Gasteiger partial charge is 0.386 e. The summed E-state index contributed by atoms with van der Waals surface area (Å²) in [6.45, 7) is 7.13. The molecule has 17 heteroatoms. The van der Waals surface area contributed by atoms with Gasteiger partial charge in [0.15, 0.2) is 0 Å². The number of nitrogens with one attached hydrogen (secondary N) is 3. The standard InChI is InChI=1S/C45H48F3N7O6S/c1-43(2,61)28-17-32-34(18-31(28)51-38(57)30-7-4-8-35(50-30)45(46,47)48)62-40(52-32)26-11-9-24(10-12-26)21-54-22-44(23-54)19-25(20-44)15-16-49-29-6-3-5-27-37(29)42(60)55(41(27)59)33-13-14-36(56)53-39(33)58/h3-8,17-18,24-26,33,49,61H,9-16,19-23H2,1-2H3,(H,51,57)(H,53,56,58)/t24?,26?,33-/m1/s1. The van der Waals surface area contributed by atoms with Crippen molar-refractivity contribution in [2.75, 3.05) is 36.8 Å². The fraction of sp³-hybridized carbons (Fsp3) is 0.489. The number of anilines is 2. The van der Waals surface area contributed by atoms with Crippen molar-refractivity contribution in [3.05, 3.63) is 81.6 Å². The number of nitrogens with zero attached hydrogens (tertiary/aromatic N) is 4. The molecule has 2 aromatic heterocycles. The van der Waals surface area contributed by atoms with Crippen LogP contribution in [-0.2, 0) is 21.4 Å². The van der Waals surface area contributed by atoms with Crippen molar-refractivity contribution in [1.29, 1.82) is 0 Å². The molecule has 4 aromatic rings. The number of carbonyl (C=O) groups excluding carboxylic acids is 5. The Labute approximate surface area is 359 Å². The summed E-state index contributed by atoms with van der Waals surface area (Å²) in [5.41, 5.74) is 0.0191. The fourth-order valence-corrected chi connectivity index (χ4v) is 11.5. The zero-order valence-corrected chi connectivity index (χ0v) is 35.3. The van der Waals surface area contributed by atoms with E-state index in [1.165, 1.54) is 18.9 Å². The largest absolute Gasteiger partial charge is 0.433 e. The minimum absolute atomic E-state index is 0.0760. The summed E-state index contributed by atoms with van der Waals surface area (Å²) in [6, 6.07) is 10.8. The molecule has 4 N–H and O–H groups in total. The number of imide groups is 2. The molecule has 0 unspecified atom stereocenters. The van der Waals surface area contributed by atoms with Gasteiger partial charge in [-0.2, -0.15) is 13.2 Å². The summed E-state index contributed by atoms with van der Waals surface area (Å²) in [6.07, 6.45) is 3.03. The third-order valence-electron chi connectivity index (χ3n) is 13.3. The molecular weight excluding hydrogens is 824 g/mol. The normalized spacial score (nSPS) is 23.0. The molecule has 2 saturated carbocycles. The van der Waals surface area contributed by atoms with E-state index in [1.807, 2.05) is 0 Å². The lowest BCUT2D eigenvalue weighted by molar-refractivity contribution is -0.141. The molecule has 1 atom stereocenters. The van der Waals surface area contributed by atoms with Crippen LogP contribution in [0.1, 0.15) is 125 Å². The molecule has 3 aliphatic heterocycles. The lowest BCUT2D eigenvalue weighted by Crippen LogP contribution is -2.63. The summed E-state index contributed by atoms with van der Waals surface area (Å²) < 4.78 is 40.6. The van der Waals surface area contributed by atoms with Crippen molar-refractivity contribution in [2.45, 2.75) is 95.4 Å². The Morgan fingerprint density at radius 3 is 2.39 bits per heavy atom. The lowest BCUT2D eigenvalue weighted by atomic mass is 9.57. The molecule has 0 bridgehead atoms. The van der Waals surface area contributed by atoms with Crippen LogP contribution in [0.5, 0.6) is 0 Å². The number of likely N-dealkylation sites (tertiary alicyclic amines) is 1. The molecule has 5 amide bonds. The number of hydrogen-bond acceptors (Lipinski definition) is 11. The molecule has 2 aromatic carbocycles. The molecule has 4 fully saturated rings. The molecule has 62 heavy (non-hydrogen) atoms. The number of halogens is 3. The second-order valence-corrected chi connectivity index (χ2v) is 19.5. The summed E-state index contributed by atoms with van der Waals surface area (Å²) in [4.78, 5) is 75.9. The van der Waals surface area contributed by atoms with Crippen LogP contribution in [0.3, 0.4) is 0 Å². The lowest BCUT2D eigenvalue weighted by Gasteiger charge is -2.60. The van der Waals surface area contributed by atoms with Crippen LogP contribution < -0.4 is 16.0 Å². The molecule has 9 rings (SSSR count). The van der Waals surface area contributed by atoms with E-state index in [0.717, 1.165) is 78.5 Å². The van der Waals surface area contributed by atoms with Gasteiger partial charge in [0.2, 0.25) is 11.8 Å². The van der Waals surface area contributed by atoms with Gasteiger partial charge in [0.25, 0.3) is 17.7 Å². The maximum atomic E-state index is 13.4. The highest BCUT2D eigenvalue weighted by Gasteiger charge is 2.52. The number of benzene rings is 2. The Bertz CT molecular complexity index is 2480. The van der Waals surface area contributed by atoms with Crippen molar-refractivity contribution in [3.8, 4) is 0 Å². The van der Waals surface area contributed by atoms with Crippen molar-refractivity contribution in [1.82, 2.24) is 25.1 Å². The van der Waals surface area contributed by atoms with Crippen LogP contribution in [0.25, 0.3) is 10.2 Å². The van der Waals surface area contributed by atoms with Crippen LogP contribution >= 0.6 is 11.3 Å². The van der Waals surface area contributed by atoms with E-state index in [9.17, 15) is 42.3 Å². The second-order valence-electron chi connectivity index (χ2n) is 18.4. The van der Waals surface area contributed by atoms with Crippen LogP contribution in [0.4, 0.5) is 24.5 Å². The average molecular weight is 872 g/mol. The maximum absolute atomic E-state index is 13.4. The number of amides is 5. The molecular formula is C45H48F3N7O6S. The van der Waals surface area contributed by atoms with Crippen molar-refractivity contribution in [2.24, 2.45) is 17.3 Å². The van der Waals surface area contributed by atoms with Gasteiger partial charge in [-0.1, -0.05) is 12.1 Å². The van der Waals surface area contributed by atoms with Gasteiger partial charge >= 0.3 is 6.18 Å². The number of aromatic nitrogens is 2. The Hall–Kier alpha value is -5.26. The Morgan fingerprint density at radius 1 is 0.935 bits per heavy atom. The quantitative estimate of drug-likeness (QED) is 0.114. The Balaban J connectivity index is 0.735. The van der Waals surface area contributed by atoms with Crippen molar-refractivity contribution >= 4 is 62.5 Å². The van der Waals surface area contributed by atoms with Crippen LogP contribution in [0.2, 0.25) is 0 Å². The van der Waals surface area contributed by atoms with Crippen molar-refractivity contribution in [3.63, 3.8) is 0 Å². The predicted molar refractivity (Wildman–Crippen MR) is 225 cm³/mol. The Morgan fingerprint density at radius 2 is 1.68 bits per heavy atom. The van der Waals surface area contributed by atoms with Gasteiger partial charge in [0, 0.05) is 55.5 Å². The number of pyridine rings is 1. The number of alkyl halides is 3. The number of aliphatic hydroxyl groups is 1. The Kier molecular flexibility index (Phi) is 10.7. The topological polar surface area (TPSA) is 174 Å². The van der Waals surface area contributed by atoms with Gasteiger partial charge < -0.3 is 20.6 Å². The van der Waals surface area contributed by atoms with Gasteiger partial charge in [-0.05, 0) is 119 Å². The molecule has 0 radical (unpaired) electrons. The zero-order valence-electron chi connectivity index (χ0n) is 34.4. The molecule has 2 aliphatic carbocycles. The van der Waals surface area contributed by atoms with E-state index < -0.39 is 53.0 Å². The van der Waals surface area contributed by atoms with Crippen LogP contribution in [-0.4, -0.2) is 86.6 Å². The number of fused-ring (bicyclic) bond motifs is 2. The number of thiazole rings is 1. The minimum Gasteiger partial charge on any atom is -0.386 e. The second kappa shape index (κ2) is 15.8. The predicted octanol–water partition coefficient (Wildman–Crippen LogP) is 7.08. The van der Waals surface area contributed by atoms with Crippen LogP contribution in [0.15, 0.2) is 48.5 Å². The highest BCUT2D eigenvalue weighted by Crippen LogP contribution is 2.53. The van der Waals surface area contributed by atoms with Crippen molar-refractivity contribution < 1.29 is 42.3 Å². The van der Waals surface area contributed by atoms with Gasteiger partial charge in [0.1, 0.15) is 17.4 Å². The first-order valence-electron chi connectivity index (χ1n) is 21.3. The monoisotopic (exact) mass is 871 g/mol. The molecule has 5 heterocycles. The number of carbonyl (C=O) groups is 5. The summed E-state index contributed by atoms with van der Waals surface area (Å²) in [5.74, 6) is -1.36. The first kappa shape index (κ1) is 42.1. The highest BCUT2D eigenvalue weighted by atomic mass is 32.1. The molecule has 5 aliphatic rings. The zero-order chi connectivity index (χ0) is 43.7. The minimum atomic E-state index is -4.69.